The molecule has 6 nitrogen and oxygen atoms in total. The summed E-state index contributed by atoms with van der Waals surface area (Å²) in [6.07, 6.45) is 4.38. The third kappa shape index (κ3) is 3.28. The number of nitrogens with one attached hydrogen (secondary N) is 1. The Morgan fingerprint density at radius 3 is 2.77 bits per heavy atom. The van der Waals surface area contributed by atoms with E-state index in [1.807, 2.05) is 18.3 Å². The molecular weight excluding hydrogens is 410 g/mol. The van der Waals surface area contributed by atoms with Crippen LogP contribution in [0.1, 0.15) is 6.42 Å². The summed E-state index contributed by atoms with van der Waals surface area (Å²) >= 11 is 5.85. The van der Waals surface area contributed by atoms with Crippen LogP contribution in [-0.2, 0) is 0 Å². The minimum absolute atomic E-state index is 0.0949. The van der Waals surface area contributed by atoms with E-state index >= 15 is 0 Å². The fourth-order valence-electron chi connectivity index (χ4n) is 3.74. The monoisotopic (exact) mass is 426 g/mol. The van der Waals surface area contributed by atoms with Crippen LogP contribution in [0.5, 0.6) is 0 Å². The smallest absolute Gasteiger partial charge is 0.144 e. The molecule has 0 amide bonds. The lowest BCUT2D eigenvalue weighted by Crippen LogP contribution is -2.26. The van der Waals surface area contributed by atoms with E-state index in [0.717, 1.165) is 36.8 Å². The number of nitrogens with zero attached hydrogens (tertiary/aromatic N) is 4. The zero-order chi connectivity index (χ0) is 20.8. The van der Waals surface area contributed by atoms with Gasteiger partial charge in [-0.05, 0) is 30.7 Å². The van der Waals surface area contributed by atoms with Crippen LogP contribution >= 0.6 is 11.6 Å². The number of rotatable bonds is 3. The first-order chi connectivity index (χ1) is 14.5. The molecule has 0 aliphatic carbocycles. The Labute approximate surface area is 175 Å². The number of H-pyrrole nitrogens is 1. The molecule has 0 bridgehead atoms. The normalized spacial score (nSPS) is 16.5. The molecule has 1 saturated heterocycles. The van der Waals surface area contributed by atoms with E-state index in [-0.39, 0.29) is 16.6 Å². The lowest BCUT2D eigenvalue weighted by molar-refractivity contribution is 0.585. The summed E-state index contributed by atoms with van der Waals surface area (Å²) < 4.78 is 28.0. The summed E-state index contributed by atoms with van der Waals surface area (Å²) in [4.78, 5) is 11.4. The van der Waals surface area contributed by atoms with E-state index in [1.54, 1.807) is 12.3 Å². The Balaban J connectivity index is 1.58. The number of pyridine rings is 2. The minimum atomic E-state index is -0.820. The molecule has 1 aliphatic rings. The molecule has 9 heteroatoms. The van der Waals surface area contributed by atoms with Crippen molar-refractivity contribution in [2.75, 3.05) is 18.0 Å². The second-order valence-corrected chi connectivity index (χ2v) is 7.72. The second kappa shape index (κ2) is 7.30. The van der Waals surface area contributed by atoms with Crippen molar-refractivity contribution in [3.8, 4) is 22.5 Å². The Hall–Kier alpha value is -3.10. The number of hydrogen-bond acceptors (Lipinski definition) is 5. The molecule has 4 heterocycles. The van der Waals surface area contributed by atoms with Crippen molar-refractivity contribution < 1.29 is 8.78 Å². The van der Waals surface area contributed by atoms with Crippen molar-refractivity contribution in [1.82, 2.24) is 20.2 Å². The number of fused-ring (bicyclic) bond motifs is 1. The van der Waals surface area contributed by atoms with Gasteiger partial charge in [0, 0.05) is 42.5 Å². The molecule has 30 heavy (non-hydrogen) atoms. The van der Waals surface area contributed by atoms with Gasteiger partial charge in [-0.2, -0.15) is 5.10 Å². The van der Waals surface area contributed by atoms with Gasteiger partial charge in [0.1, 0.15) is 17.3 Å². The van der Waals surface area contributed by atoms with Gasteiger partial charge in [-0.3, -0.25) is 10.1 Å². The van der Waals surface area contributed by atoms with E-state index in [9.17, 15) is 8.78 Å². The van der Waals surface area contributed by atoms with Gasteiger partial charge in [0.2, 0.25) is 0 Å². The standard InChI is InChI=1S/C21H17ClF2N6/c22-15-6-13(16(23)7-17(15)24)21-14(9-27-29-21)18-1-2-19-20(28-18)5-12(8-26-19)30-4-3-11(25)10-30/h1-2,5-9,11H,3-4,10,25H2,(H,27,29). The fourth-order valence-corrected chi connectivity index (χ4v) is 3.90. The van der Waals surface area contributed by atoms with Crippen LogP contribution in [0.4, 0.5) is 14.5 Å². The van der Waals surface area contributed by atoms with Gasteiger partial charge in [0.05, 0.1) is 33.6 Å². The predicted molar refractivity (Wildman–Crippen MR) is 112 cm³/mol. The van der Waals surface area contributed by atoms with E-state index < -0.39 is 11.6 Å². The maximum absolute atomic E-state index is 14.4. The average molecular weight is 427 g/mol. The van der Waals surface area contributed by atoms with Crippen molar-refractivity contribution >= 4 is 28.3 Å². The third-order valence-corrected chi connectivity index (χ3v) is 5.58. The number of anilines is 1. The molecule has 1 fully saturated rings. The molecule has 4 aromatic rings. The summed E-state index contributed by atoms with van der Waals surface area (Å²) in [5, 5.41) is 6.70. The highest BCUT2D eigenvalue weighted by Gasteiger charge is 2.21. The van der Waals surface area contributed by atoms with Gasteiger partial charge in [0.15, 0.2) is 0 Å². The topological polar surface area (TPSA) is 83.7 Å². The summed E-state index contributed by atoms with van der Waals surface area (Å²) in [5.74, 6) is -1.57. The predicted octanol–water partition coefficient (Wildman–Crippen LogP) is 4.16. The maximum Gasteiger partial charge on any atom is 0.144 e. The highest BCUT2D eigenvalue weighted by Crippen LogP contribution is 2.34. The first-order valence-corrected chi connectivity index (χ1v) is 9.84. The quantitative estimate of drug-likeness (QED) is 0.481. The Morgan fingerprint density at radius 1 is 1.10 bits per heavy atom. The fraction of sp³-hybridized carbons (Fsp3) is 0.190. The number of halogens is 3. The zero-order valence-corrected chi connectivity index (χ0v) is 16.5. The number of hydrogen-bond donors (Lipinski definition) is 2. The molecule has 1 atom stereocenters. The highest BCUT2D eigenvalue weighted by atomic mass is 35.5. The summed E-state index contributed by atoms with van der Waals surface area (Å²) in [7, 11) is 0. The van der Waals surface area contributed by atoms with Gasteiger partial charge in [-0.25, -0.2) is 13.8 Å². The van der Waals surface area contributed by atoms with Crippen LogP contribution < -0.4 is 10.6 Å². The average Bonchev–Trinajstić information content (AvgIpc) is 3.39. The van der Waals surface area contributed by atoms with Gasteiger partial charge < -0.3 is 10.6 Å². The third-order valence-electron chi connectivity index (χ3n) is 5.29. The SMILES string of the molecule is NC1CCN(c2cnc3ccc(-c4c[nH]nc4-c4cc(Cl)c(F)cc4F)nc3c2)C1. The molecule has 3 N–H and O–H groups in total. The largest absolute Gasteiger partial charge is 0.369 e. The molecule has 3 aromatic heterocycles. The molecule has 1 unspecified atom stereocenters. The minimum Gasteiger partial charge on any atom is -0.369 e. The van der Waals surface area contributed by atoms with Crippen LogP contribution in [0.3, 0.4) is 0 Å². The number of aromatic amines is 1. The van der Waals surface area contributed by atoms with Crippen molar-refractivity contribution in [2.24, 2.45) is 5.73 Å². The van der Waals surface area contributed by atoms with E-state index in [2.05, 4.69) is 20.1 Å². The molecule has 0 spiro atoms. The van der Waals surface area contributed by atoms with Crippen LogP contribution in [0.15, 0.2) is 42.7 Å². The molecule has 0 saturated carbocycles. The second-order valence-electron chi connectivity index (χ2n) is 7.32. The van der Waals surface area contributed by atoms with Crippen molar-refractivity contribution in [1.29, 1.82) is 0 Å². The number of benzene rings is 1. The lowest BCUT2D eigenvalue weighted by Gasteiger charge is -2.17. The maximum atomic E-state index is 14.4. The zero-order valence-electron chi connectivity index (χ0n) is 15.7. The van der Waals surface area contributed by atoms with Gasteiger partial charge in [0.25, 0.3) is 0 Å². The van der Waals surface area contributed by atoms with Crippen molar-refractivity contribution in [2.45, 2.75) is 12.5 Å². The molecule has 1 aliphatic heterocycles. The van der Waals surface area contributed by atoms with Gasteiger partial charge in [-0.1, -0.05) is 11.6 Å². The molecule has 152 valence electrons. The highest BCUT2D eigenvalue weighted by molar-refractivity contribution is 6.31. The summed E-state index contributed by atoms with van der Waals surface area (Å²) in [5.41, 5.74) is 9.98. The lowest BCUT2D eigenvalue weighted by atomic mass is 10.0. The first-order valence-electron chi connectivity index (χ1n) is 9.46. The summed E-state index contributed by atoms with van der Waals surface area (Å²) in [6.45, 7) is 1.66. The number of aromatic nitrogens is 4. The van der Waals surface area contributed by atoms with E-state index in [0.29, 0.717) is 22.5 Å². The Morgan fingerprint density at radius 2 is 1.97 bits per heavy atom. The first kappa shape index (κ1) is 18.9. The number of nitrogens with two attached hydrogens (primary N) is 1. The van der Waals surface area contributed by atoms with Gasteiger partial charge >= 0.3 is 0 Å². The van der Waals surface area contributed by atoms with Crippen LogP contribution in [0, 0.1) is 11.6 Å². The molecule has 5 rings (SSSR count). The summed E-state index contributed by atoms with van der Waals surface area (Å²) in [6, 6.07) is 7.74. The van der Waals surface area contributed by atoms with Crippen molar-refractivity contribution in [3.63, 3.8) is 0 Å². The van der Waals surface area contributed by atoms with Gasteiger partial charge in [-0.15, -0.1) is 0 Å². The van der Waals surface area contributed by atoms with Crippen LogP contribution in [0.2, 0.25) is 5.02 Å². The van der Waals surface area contributed by atoms with E-state index in [1.165, 1.54) is 6.07 Å². The van der Waals surface area contributed by atoms with Crippen molar-refractivity contribution in [3.05, 3.63) is 59.4 Å². The van der Waals surface area contributed by atoms with Crippen LogP contribution in [-0.4, -0.2) is 39.3 Å². The molecular formula is C21H17ClF2N6. The molecule has 0 radical (unpaired) electrons. The molecule has 1 aromatic carbocycles. The van der Waals surface area contributed by atoms with E-state index in [4.69, 9.17) is 22.3 Å². The Kier molecular flexibility index (Phi) is 4.60. The Bertz CT molecular complexity index is 1260. The van der Waals surface area contributed by atoms with Crippen LogP contribution in [0.25, 0.3) is 33.5 Å².